The normalized spacial score (nSPS) is 20.7. The monoisotopic (exact) mass is 265 g/mol. The van der Waals surface area contributed by atoms with Crippen LogP contribution in [0.25, 0.3) is 0 Å². The zero-order valence-corrected chi connectivity index (χ0v) is 11.1. The number of nitrogens with zero attached hydrogens (tertiary/aromatic N) is 4. The second-order valence-electron chi connectivity index (χ2n) is 5.02. The highest BCUT2D eigenvalue weighted by Gasteiger charge is 2.23. The number of aromatic nitrogens is 2. The molecule has 1 N–H and O–H groups in total. The molecule has 0 aromatic carbocycles. The molecule has 0 atom stereocenters. The van der Waals surface area contributed by atoms with Crippen LogP contribution < -0.4 is 10.2 Å². The summed E-state index contributed by atoms with van der Waals surface area (Å²) < 4.78 is 7.29. The predicted molar refractivity (Wildman–Crippen MR) is 68.9 cm³/mol. The lowest BCUT2D eigenvalue weighted by Crippen LogP contribution is -2.52. The number of carbonyl (C=O) groups excluding carboxylic acids is 1. The third-order valence-electron chi connectivity index (χ3n) is 3.55. The fourth-order valence-corrected chi connectivity index (χ4v) is 2.35. The molecular formula is C12H19N5O2. The van der Waals surface area contributed by atoms with Gasteiger partial charge in [-0.3, -0.25) is 10.2 Å². The quantitative estimate of drug-likeness (QED) is 0.785. The molecule has 1 fully saturated rings. The molecule has 0 spiro atoms. The van der Waals surface area contributed by atoms with Crippen LogP contribution in [0.1, 0.15) is 16.8 Å². The van der Waals surface area contributed by atoms with Crippen molar-refractivity contribution >= 4 is 5.91 Å². The van der Waals surface area contributed by atoms with Crippen LogP contribution in [0.15, 0.2) is 6.20 Å². The third kappa shape index (κ3) is 2.57. The summed E-state index contributed by atoms with van der Waals surface area (Å²) in [6.45, 7) is 5.07. The smallest absolute Gasteiger partial charge is 0.272 e. The van der Waals surface area contributed by atoms with Gasteiger partial charge >= 0.3 is 0 Å². The van der Waals surface area contributed by atoms with Crippen molar-refractivity contribution < 1.29 is 9.53 Å². The molecule has 0 bridgehead atoms. The van der Waals surface area contributed by atoms with Gasteiger partial charge in [0.25, 0.3) is 5.91 Å². The van der Waals surface area contributed by atoms with Crippen LogP contribution in [0.5, 0.6) is 5.88 Å². The zero-order chi connectivity index (χ0) is 13.2. The number of hydrogen-bond donors (Lipinski definition) is 1. The number of hydrogen-bond acceptors (Lipinski definition) is 5. The highest BCUT2D eigenvalue weighted by atomic mass is 16.5. The maximum absolute atomic E-state index is 12.2. The molecule has 0 aliphatic carbocycles. The maximum Gasteiger partial charge on any atom is 0.272 e. The van der Waals surface area contributed by atoms with Gasteiger partial charge < -0.3 is 9.64 Å². The lowest BCUT2D eigenvalue weighted by Gasteiger charge is -2.32. The van der Waals surface area contributed by atoms with E-state index >= 15 is 0 Å². The first kappa shape index (κ1) is 12.4. The van der Waals surface area contributed by atoms with Crippen molar-refractivity contribution in [1.29, 1.82) is 0 Å². The van der Waals surface area contributed by atoms with E-state index < -0.39 is 0 Å². The zero-order valence-electron chi connectivity index (χ0n) is 11.1. The Kier molecular flexibility index (Phi) is 3.39. The summed E-state index contributed by atoms with van der Waals surface area (Å²) in [5.41, 5.74) is 3.45. The van der Waals surface area contributed by atoms with Crippen molar-refractivity contribution in [2.45, 2.75) is 13.0 Å². The summed E-state index contributed by atoms with van der Waals surface area (Å²) in [4.78, 5) is 14.5. The van der Waals surface area contributed by atoms with Crippen LogP contribution in [-0.2, 0) is 6.54 Å². The average molecular weight is 265 g/mol. The van der Waals surface area contributed by atoms with E-state index in [4.69, 9.17) is 4.74 Å². The summed E-state index contributed by atoms with van der Waals surface area (Å²) in [5, 5.41) is 6.14. The SMILES string of the molecule is CN1CCN(NC(=O)c2cnn3c2OCCC3)CC1. The van der Waals surface area contributed by atoms with Crippen LogP contribution in [0, 0.1) is 0 Å². The fraction of sp³-hybridized carbons (Fsp3) is 0.667. The van der Waals surface area contributed by atoms with Crippen molar-refractivity contribution in [3.05, 3.63) is 11.8 Å². The molecule has 2 aliphatic heterocycles. The minimum absolute atomic E-state index is 0.132. The average Bonchev–Trinajstić information content (AvgIpc) is 2.85. The molecule has 1 aromatic heterocycles. The third-order valence-corrected chi connectivity index (χ3v) is 3.55. The molecule has 0 unspecified atom stereocenters. The van der Waals surface area contributed by atoms with Crippen molar-refractivity contribution in [3.63, 3.8) is 0 Å². The Labute approximate surface area is 112 Å². The predicted octanol–water partition coefficient (Wildman–Crippen LogP) is -0.442. The molecule has 19 heavy (non-hydrogen) atoms. The second kappa shape index (κ2) is 5.18. The molecule has 7 nitrogen and oxygen atoms in total. The summed E-state index contributed by atoms with van der Waals surface area (Å²) in [6, 6.07) is 0. The first-order valence-electron chi connectivity index (χ1n) is 6.67. The minimum atomic E-state index is -0.132. The first-order valence-corrected chi connectivity index (χ1v) is 6.67. The maximum atomic E-state index is 12.2. The summed E-state index contributed by atoms with van der Waals surface area (Å²) >= 11 is 0. The number of ether oxygens (including phenoxy) is 1. The number of likely N-dealkylation sites (N-methyl/N-ethyl adjacent to an activating group) is 1. The van der Waals surface area contributed by atoms with Gasteiger partial charge in [0.2, 0.25) is 5.88 Å². The van der Waals surface area contributed by atoms with Gasteiger partial charge in [-0.25, -0.2) is 9.69 Å². The van der Waals surface area contributed by atoms with Gasteiger partial charge in [-0.15, -0.1) is 0 Å². The molecule has 0 radical (unpaired) electrons. The first-order chi connectivity index (χ1) is 9.24. The van der Waals surface area contributed by atoms with Gasteiger partial charge in [0.15, 0.2) is 0 Å². The van der Waals surface area contributed by atoms with Crippen LogP contribution in [-0.4, -0.2) is 65.4 Å². The Morgan fingerprint density at radius 2 is 2.11 bits per heavy atom. The number of carbonyl (C=O) groups is 1. The van der Waals surface area contributed by atoms with Crippen molar-refractivity contribution in [3.8, 4) is 5.88 Å². The van der Waals surface area contributed by atoms with Gasteiger partial charge in [-0.05, 0) is 7.05 Å². The van der Waals surface area contributed by atoms with E-state index in [-0.39, 0.29) is 5.91 Å². The Morgan fingerprint density at radius 1 is 1.32 bits per heavy atom. The van der Waals surface area contributed by atoms with E-state index in [9.17, 15) is 4.79 Å². The van der Waals surface area contributed by atoms with Crippen molar-refractivity contribution in [1.82, 2.24) is 25.1 Å². The van der Waals surface area contributed by atoms with Gasteiger partial charge in [0, 0.05) is 39.1 Å². The number of nitrogens with one attached hydrogen (secondary N) is 1. The molecule has 2 aliphatic rings. The summed E-state index contributed by atoms with van der Waals surface area (Å²) in [5.74, 6) is 0.464. The Hall–Kier alpha value is -1.60. The highest BCUT2D eigenvalue weighted by molar-refractivity contribution is 5.95. The van der Waals surface area contributed by atoms with Crippen LogP contribution >= 0.6 is 0 Å². The Morgan fingerprint density at radius 3 is 2.89 bits per heavy atom. The molecule has 0 saturated carbocycles. The molecule has 1 aromatic rings. The number of hydrazine groups is 1. The molecule has 3 heterocycles. The molecule has 1 amide bonds. The standard InChI is InChI=1S/C12H19N5O2/c1-15-4-6-16(7-5-15)14-11(18)10-9-13-17-3-2-8-19-12(10)17/h9H,2-8H2,1H3,(H,14,18). The van der Waals surface area contributed by atoms with Crippen molar-refractivity contribution in [2.75, 3.05) is 39.8 Å². The minimum Gasteiger partial charge on any atom is -0.477 e. The van der Waals surface area contributed by atoms with Crippen LogP contribution in [0.2, 0.25) is 0 Å². The van der Waals surface area contributed by atoms with E-state index in [1.165, 1.54) is 0 Å². The van der Waals surface area contributed by atoms with Crippen LogP contribution in [0.3, 0.4) is 0 Å². The number of rotatable bonds is 2. The number of amides is 1. The Bertz CT molecular complexity index is 465. The highest BCUT2D eigenvalue weighted by Crippen LogP contribution is 2.22. The van der Waals surface area contributed by atoms with Crippen molar-refractivity contribution in [2.24, 2.45) is 0 Å². The topological polar surface area (TPSA) is 62.6 Å². The summed E-state index contributed by atoms with van der Waals surface area (Å²) in [6.07, 6.45) is 2.53. The van der Waals surface area contributed by atoms with E-state index in [2.05, 4.69) is 22.5 Å². The molecule has 7 heteroatoms. The number of piperazine rings is 1. The lowest BCUT2D eigenvalue weighted by molar-refractivity contribution is 0.0657. The van der Waals surface area contributed by atoms with Gasteiger partial charge in [-0.2, -0.15) is 5.10 Å². The molecule has 104 valence electrons. The van der Waals surface area contributed by atoms with E-state index in [1.807, 2.05) is 5.01 Å². The van der Waals surface area contributed by atoms with Gasteiger partial charge in [0.05, 0.1) is 12.8 Å². The number of fused-ring (bicyclic) bond motifs is 1. The molecule has 1 saturated heterocycles. The van der Waals surface area contributed by atoms with Gasteiger partial charge in [0.1, 0.15) is 5.56 Å². The fourth-order valence-electron chi connectivity index (χ4n) is 2.35. The summed E-state index contributed by atoms with van der Waals surface area (Å²) in [7, 11) is 2.08. The Balaban J connectivity index is 1.65. The number of aryl methyl sites for hydroxylation is 1. The lowest BCUT2D eigenvalue weighted by atomic mass is 10.3. The largest absolute Gasteiger partial charge is 0.477 e. The second-order valence-corrected chi connectivity index (χ2v) is 5.02. The molecule has 3 rings (SSSR count). The molecular weight excluding hydrogens is 246 g/mol. The van der Waals surface area contributed by atoms with Crippen LogP contribution in [0.4, 0.5) is 0 Å². The van der Waals surface area contributed by atoms with E-state index in [0.29, 0.717) is 18.1 Å². The van der Waals surface area contributed by atoms with Gasteiger partial charge in [-0.1, -0.05) is 0 Å². The van der Waals surface area contributed by atoms with E-state index in [0.717, 1.165) is 39.1 Å². The van der Waals surface area contributed by atoms with E-state index in [1.54, 1.807) is 10.9 Å².